The topological polar surface area (TPSA) is 107 Å². The predicted octanol–water partition coefficient (Wildman–Crippen LogP) is 0.920. The van der Waals surface area contributed by atoms with Crippen LogP contribution in [0.4, 0.5) is 0 Å². The Morgan fingerprint density at radius 3 is 2.62 bits per heavy atom. The quantitative estimate of drug-likeness (QED) is 0.599. The minimum Gasteiger partial charge on any atom is -0.370 e. The van der Waals surface area contributed by atoms with Crippen molar-refractivity contribution in [2.75, 3.05) is 6.54 Å². The van der Waals surface area contributed by atoms with E-state index in [1.54, 1.807) is 30.9 Å². The number of rotatable bonds is 6. The van der Waals surface area contributed by atoms with Gasteiger partial charge in [-0.2, -0.15) is 5.10 Å². The second-order valence-corrected chi connectivity index (χ2v) is 7.72. The summed E-state index contributed by atoms with van der Waals surface area (Å²) in [4.78, 5) is 37.1. The fraction of sp³-hybridized carbons (Fsp3) is 0.304. The van der Waals surface area contributed by atoms with Crippen LogP contribution in [0.15, 0.2) is 53.3 Å². The van der Waals surface area contributed by atoms with Crippen LogP contribution in [-0.2, 0) is 38.4 Å². The van der Waals surface area contributed by atoms with Crippen LogP contribution in [0.3, 0.4) is 0 Å². The van der Waals surface area contributed by atoms with Gasteiger partial charge in [-0.1, -0.05) is 36.4 Å². The van der Waals surface area contributed by atoms with Crippen LogP contribution in [0.2, 0.25) is 0 Å². The van der Waals surface area contributed by atoms with E-state index in [4.69, 9.17) is 4.74 Å². The Bertz CT molecular complexity index is 1200. The Labute approximate surface area is 185 Å². The van der Waals surface area contributed by atoms with Crippen molar-refractivity contribution >= 4 is 11.8 Å². The largest absolute Gasteiger partial charge is 0.370 e. The Kier molecular flexibility index (Phi) is 6.18. The van der Waals surface area contributed by atoms with Crippen LogP contribution in [0, 0.1) is 0 Å². The minimum atomic E-state index is -0.355. The Morgan fingerprint density at radius 2 is 1.84 bits per heavy atom. The van der Waals surface area contributed by atoms with E-state index in [0.717, 1.165) is 16.8 Å². The Hall–Kier alpha value is -3.72. The van der Waals surface area contributed by atoms with Crippen LogP contribution in [0.5, 0.6) is 0 Å². The van der Waals surface area contributed by atoms with Gasteiger partial charge in [0, 0.05) is 45.2 Å². The van der Waals surface area contributed by atoms with Gasteiger partial charge >= 0.3 is 0 Å². The molecule has 3 aromatic rings. The first kappa shape index (κ1) is 21.5. The Morgan fingerprint density at radius 1 is 1.06 bits per heavy atom. The van der Waals surface area contributed by atoms with Crippen LogP contribution in [-0.4, -0.2) is 38.8 Å². The molecule has 0 saturated heterocycles. The number of nitrogens with zero attached hydrogens (tertiary/aromatic N) is 3. The number of benzene rings is 1. The number of aromatic nitrogens is 3. The van der Waals surface area contributed by atoms with Gasteiger partial charge in [0.15, 0.2) is 0 Å². The third-order valence-electron chi connectivity index (χ3n) is 5.53. The van der Waals surface area contributed by atoms with E-state index in [1.807, 2.05) is 30.3 Å². The molecule has 0 radical (unpaired) electrons. The van der Waals surface area contributed by atoms with Gasteiger partial charge in [0.1, 0.15) is 11.4 Å². The molecule has 9 nitrogen and oxygen atoms in total. The van der Waals surface area contributed by atoms with Crippen molar-refractivity contribution in [2.24, 2.45) is 14.1 Å². The van der Waals surface area contributed by atoms with Crippen molar-refractivity contribution in [3.8, 4) is 0 Å². The van der Waals surface area contributed by atoms with Gasteiger partial charge in [0.05, 0.1) is 18.4 Å². The molecular weight excluding hydrogens is 410 g/mol. The van der Waals surface area contributed by atoms with Crippen molar-refractivity contribution in [3.63, 3.8) is 0 Å². The molecule has 0 bridgehead atoms. The molecule has 2 aromatic heterocycles. The molecular formula is C23H25N5O4. The molecule has 0 aliphatic carbocycles. The molecule has 1 unspecified atom stereocenters. The number of amides is 2. The van der Waals surface area contributed by atoms with Crippen molar-refractivity contribution in [1.29, 1.82) is 0 Å². The molecule has 2 amide bonds. The zero-order valence-electron chi connectivity index (χ0n) is 18.0. The monoisotopic (exact) mass is 435 g/mol. The summed E-state index contributed by atoms with van der Waals surface area (Å²) in [6.45, 7) is 0.937. The number of carbonyl (C=O) groups excluding carboxylic acids is 2. The predicted molar refractivity (Wildman–Crippen MR) is 117 cm³/mol. The van der Waals surface area contributed by atoms with E-state index in [-0.39, 0.29) is 42.3 Å². The molecule has 32 heavy (non-hydrogen) atoms. The molecule has 1 atom stereocenters. The highest BCUT2D eigenvalue weighted by Crippen LogP contribution is 2.23. The molecule has 0 fully saturated rings. The first-order chi connectivity index (χ1) is 15.4. The molecule has 1 aliphatic heterocycles. The summed E-state index contributed by atoms with van der Waals surface area (Å²) in [7, 11) is 3.29. The maximum Gasteiger partial charge on any atom is 0.270 e. The summed E-state index contributed by atoms with van der Waals surface area (Å²) in [6, 6.07) is 14.2. The average Bonchev–Trinajstić information content (AvgIpc) is 3.13. The zero-order chi connectivity index (χ0) is 22.7. The van der Waals surface area contributed by atoms with Crippen molar-refractivity contribution in [2.45, 2.75) is 25.7 Å². The summed E-state index contributed by atoms with van der Waals surface area (Å²) in [5, 5.41) is 10.2. The molecule has 9 heteroatoms. The highest BCUT2D eigenvalue weighted by Gasteiger charge is 2.29. The van der Waals surface area contributed by atoms with Crippen molar-refractivity contribution in [3.05, 3.63) is 87.1 Å². The summed E-state index contributed by atoms with van der Waals surface area (Å²) in [5.74, 6) is -0.555. The molecule has 1 aliphatic rings. The van der Waals surface area contributed by atoms with Crippen LogP contribution in [0.25, 0.3) is 0 Å². The molecule has 1 aromatic carbocycles. The first-order valence-electron chi connectivity index (χ1n) is 10.4. The molecule has 166 valence electrons. The lowest BCUT2D eigenvalue weighted by molar-refractivity contribution is 0.0264. The van der Waals surface area contributed by atoms with Gasteiger partial charge in [0.25, 0.3) is 17.4 Å². The van der Waals surface area contributed by atoms with Gasteiger partial charge in [-0.3, -0.25) is 19.1 Å². The number of aryl methyl sites for hydroxylation is 1. The number of ether oxygens (including phenoxy) is 1. The molecule has 4 rings (SSSR count). The zero-order valence-corrected chi connectivity index (χ0v) is 18.0. The van der Waals surface area contributed by atoms with Gasteiger partial charge in [-0.15, -0.1) is 0 Å². The van der Waals surface area contributed by atoms with Gasteiger partial charge in [-0.25, -0.2) is 0 Å². The van der Waals surface area contributed by atoms with Crippen LogP contribution < -0.4 is 16.2 Å². The number of fused-ring (bicyclic) bond motifs is 1. The number of carbonyl (C=O) groups is 2. The van der Waals surface area contributed by atoms with Crippen LogP contribution >= 0.6 is 0 Å². The molecule has 2 N–H and O–H groups in total. The van der Waals surface area contributed by atoms with E-state index in [9.17, 15) is 14.4 Å². The summed E-state index contributed by atoms with van der Waals surface area (Å²) < 4.78 is 8.71. The molecule has 3 heterocycles. The lowest BCUT2D eigenvalue weighted by Crippen LogP contribution is -2.39. The highest BCUT2D eigenvalue weighted by molar-refractivity contribution is 5.94. The first-order valence-corrected chi connectivity index (χ1v) is 10.4. The summed E-state index contributed by atoms with van der Waals surface area (Å²) in [5.41, 5.74) is 3.09. The van der Waals surface area contributed by atoms with E-state index >= 15 is 0 Å². The maximum absolute atomic E-state index is 12.9. The average molecular weight is 435 g/mol. The van der Waals surface area contributed by atoms with Crippen molar-refractivity contribution in [1.82, 2.24) is 25.0 Å². The number of hydrogen-bond donors (Lipinski definition) is 2. The van der Waals surface area contributed by atoms with Crippen molar-refractivity contribution < 1.29 is 14.3 Å². The minimum absolute atomic E-state index is 0.200. The second-order valence-electron chi connectivity index (χ2n) is 7.72. The third kappa shape index (κ3) is 4.47. The highest BCUT2D eigenvalue weighted by atomic mass is 16.5. The normalized spacial score (nSPS) is 15.1. The van der Waals surface area contributed by atoms with Gasteiger partial charge in [-0.05, 0) is 11.6 Å². The van der Waals surface area contributed by atoms with E-state index < -0.39 is 0 Å². The van der Waals surface area contributed by atoms with E-state index in [2.05, 4.69) is 15.7 Å². The van der Waals surface area contributed by atoms with Crippen LogP contribution in [0.1, 0.15) is 37.8 Å². The van der Waals surface area contributed by atoms with E-state index in [0.29, 0.717) is 18.7 Å². The fourth-order valence-electron chi connectivity index (χ4n) is 3.80. The smallest absolute Gasteiger partial charge is 0.270 e. The Balaban J connectivity index is 1.42. The SMILES string of the molecule is Cn1nc2c(c1C(=O)NCc1ccccc1)CC(CNC(=O)c1cccc(=O)n1C)OC2. The van der Waals surface area contributed by atoms with Gasteiger partial charge in [0.2, 0.25) is 0 Å². The van der Waals surface area contributed by atoms with Gasteiger partial charge < -0.3 is 19.9 Å². The number of nitrogens with one attached hydrogen (secondary N) is 2. The van der Waals surface area contributed by atoms with E-state index in [1.165, 1.54) is 10.6 Å². The summed E-state index contributed by atoms with van der Waals surface area (Å²) >= 11 is 0. The maximum atomic E-state index is 12.9. The summed E-state index contributed by atoms with van der Waals surface area (Å²) in [6.07, 6.45) is 0.141. The lowest BCUT2D eigenvalue weighted by Gasteiger charge is -2.23. The fourth-order valence-corrected chi connectivity index (χ4v) is 3.80. The lowest BCUT2D eigenvalue weighted by atomic mass is 10.0. The molecule has 0 spiro atoms. The third-order valence-corrected chi connectivity index (χ3v) is 5.53. The second kappa shape index (κ2) is 9.19. The number of pyridine rings is 1. The standard InChI is InChI=1S/C23H25N5O4/c1-27-19(9-6-10-20(27)29)22(30)25-13-16-11-17-18(14-32-16)26-28(2)21(17)23(31)24-12-15-7-4-3-5-8-15/h3-10,16H,11-14H2,1-2H3,(H,24,31)(H,25,30). The molecule has 0 saturated carbocycles. The number of hydrogen-bond acceptors (Lipinski definition) is 5.